The van der Waals surface area contributed by atoms with Gasteiger partial charge in [-0.3, -0.25) is 0 Å². The standard InChI is InChI=1S/C25H27N7O/c26-18-23-24(32-12-1-2-13-32)9-8-21(29-23)22-10-11-27-25(30-22)28-19-4-6-20(7-5-19)31-14-3-16-33-17-15-31/h4-11H,1-3,12-17H2,(H,27,28,30). The summed E-state index contributed by atoms with van der Waals surface area (Å²) in [6, 6.07) is 16.3. The third kappa shape index (κ3) is 4.89. The third-order valence-electron chi connectivity index (χ3n) is 6.06. The van der Waals surface area contributed by atoms with Gasteiger partial charge in [0.05, 0.1) is 23.7 Å². The molecule has 0 bridgehead atoms. The molecule has 4 heterocycles. The highest BCUT2D eigenvalue weighted by Crippen LogP contribution is 2.27. The Bertz CT molecular complexity index is 1130. The van der Waals surface area contributed by atoms with Crippen molar-refractivity contribution in [3.63, 3.8) is 0 Å². The van der Waals surface area contributed by atoms with Crippen LogP contribution in [0.2, 0.25) is 0 Å². The smallest absolute Gasteiger partial charge is 0.227 e. The number of aromatic nitrogens is 3. The summed E-state index contributed by atoms with van der Waals surface area (Å²) in [5, 5.41) is 12.9. The third-order valence-corrected chi connectivity index (χ3v) is 6.06. The molecule has 0 spiro atoms. The summed E-state index contributed by atoms with van der Waals surface area (Å²) in [7, 11) is 0. The van der Waals surface area contributed by atoms with Crippen molar-refractivity contribution in [2.75, 3.05) is 54.5 Å². The van der Waals surface area contributed by atoms with Crippen LogP contribution in [0.3, 0.4) is 0 Å². The van der Waals surface area contributed by atoms with Gasteiger partial charge in [-0.15, -0.1) is 0 Å². The van der Waals surface area contributed by atoms with Crippen molar-refractivity contribution in [3.8, 4) is 17.5 Å². The average molecular weight is 442 g/mol. The molecule has 0 radical (unpaired) electrons. The number of ether oxygens (including phenoxy) is 1. The number of nitrogens with zero attached hydrogens (tertiary/aromatic N) is 6. The van der Waals surface area contributed by atoms with Crippen LogP contribution in [0.4, 0.5) is 23.0 Å². The second kappa shape index (κ2) is 9.84. The van der Waals surface area contributed by atoms with Gasteiger partial charge < -0.3 is 19.9 Å². The zero-order valence-electron chi connectivity index (χ0n) is 18.6. The predicted molar refractivity (Wildman–Crippen MR) is 129 cm³/mol. The lowest BCUT2D eigenvalue weighted by Crippen LogP contribution is -2.25. The molecule has 0 atom stereocenters. The van der Waals surface area contributed by atoms with Crippen molar-refractivity contribution >= 4 is 23.0 Å². The van der Waals surface area contributed by atoms with Gasteiger partial charge in [0.15, 0.2) is 5.69 Å². The van der Waals surface area contributed by atoms with Crippen molar-refractivity contribution in [1.29, 1.82) is 5.26 Å². The Hall–Kier alpha value is -3.70. The molecule has 1 N–H and O–H groups in total. The highest BCUT2D eigenvalue weighted by Gasteiger charge is 2.18. The van der Waals surface area contributed by atoms with Gasteiger partial charge in [0.25, 0.3) is 0 Å². The van der Waals surface area contributed by atoms with E-state index in [2.05, 4.69) is 48.3 Å². The van der Waals surface area contributed by atoms with Crippen LogP contribution < -0.4 is 15.1 Å². The zero-order chi connectivity index (χ0) is 22.5. The van der Waals surface area contributed by atoms with Crippen LogP contribution >= 0.6 is 0 Å². The van der Waals surface area contributed by atoms with Gasteiger partial charge in [-0.2, -0.15) is 5.26 Å². The van der Waals surface area contributed by atoms with E-state index in [0.717, 1.165) is 70.0 Å². The molecule has 2 aliphatic rings. The van der Waals surface area contributed by atoms with Crippen molar-refractivity contribution in [1.82, 2.24) is 15.0 Å². The Morgan fingerprint density at radius 3 is 2.42 bits per heavy atom. The van der Waals surface area contributed by atoms with Crippen molar-refractivity contribution in [2.45, 2.75) is 19.3 Å². The van der Waals surface area contributed by atoms with Crippen LogP contribution in [-0.2, 0) is 4.74 Å². The van der Waals surface area contributed by atoms with Crippen molar-refractivity contribution in [3.05, 3.63) is 54.4 Å². The molecule has 0 unspecified atom stereocenters. The van der Waals surface area contributed by atoms with E-state index in [1.807, 2.05) is 30.3 Å². The summed E-state index contributed by atoms with van der Waals surface area (Å²) in [5.74, 6) is 0.493. The minimum absolute atomic E-state index is 0.442. The molecule has 2 saturated heterocycles. The van der Waals surface area contributed by atoms with Crippen LogP contribution in [0.15, 0.2) is 48.7 Å². The second-order valence-electron chi connectivity index (χ2n) is 8.26. The van der Waals surface area contributed by atoms with Crippen molar-refractivity contribution < 1.29 is 4.74 Å². The zero-order valence-corrected chi connectivity index (χ0v) is 18.6. The minimum Gasteiger partial charge on any atom is -0.380 e. The molecule has 0 saturated carbocycles. The monoisotopic (exact) mass is 441 g/mol. The lowest BCUT2D eigenvalue weighted by atomic mass is 10.2. The summed E-state index contributed by atoms with van der Waals surface area (Å²) >= 11 is 0. The van der Waals surface area contributed by atoms with Gasteiger partial charge in [-0.05, 0) is 61.7 Å². The number of nitrogens with one attached hydrogen (secondary N) is 1. The number of benzene rings is 1. The van der Waals surface area contributed by atoms with Gasteiger partial charge >= 0.3 is 0 Å². The Kier molecular flexibility index (Phi) is 6.31. The highest BCUT2D eigenvalue weighted by molar-refractivity contribution is 5.65. The lowest BCUT2D eigenvalue weighted by molar-refractivity contribution is 0.152. The molecule has 8 heteroatoms. The first-order valence-electron chi connectivity index (χ1n) is 11.5. The highest BCUT2D eigenvalue weighted by atomic mass is 16.5. The molecular formula is C25H27N7O. The van der Waals surface area contributed by atoms with E-state index in [1.54, 1.807) is 6.20 Å². The number of hydrogen-bond donors (Lipinski definition) is 1. The Morgan fingerprint density at radius 2 is 1.61 bits per heavy atom. The maximum Gasteiger partial charge on any atom is 0.227 e. The van der Waals surface area contributed by atoms with Gasteiger partial charge in [-0.1, -0.05) is 0 Å². The van der Waals surface area contributed by atoms with E-state index in [1.165, 1.54) is 5.69 Å². The molecule has 0 aliphatic carbocycles. The Labute approximate surface area is 193 Å². The number of nitriles is 1. The van der Waals surface area contributed by atoms with Crippen LogP contribution in [-0.4, -0.2) is 54.3 Å². The summed E-state index contributed by atoms with van der Waals surface area (Å²) < 4.78 is 5.55. The summed E-state index contributed by atoms with van der Waals surface area (Å²) in [5.41, 5.74) is 4.79. The van der Waals surface area contributed by atoms with Gasteiger partial charge in [-0.25, -0.2) is 15.0 Å². The molecule has 5 rings (SSSR count). The molecule has 1 aromatic carbocycles. The van der Waals surface area contributed by atoms with Crippen LogP contribution in [0.25, 0.3) is 11.4 Å². The lowest BCUT2D eigenvalue weighted by Gasteiger charge is -2.22. The maximum atomic E-state index is 9.64. The van der Waals surface area contributed by atoms with E-state index in [-0.39, 0.29) is 0 Å². The first kappa shape index (κ1) is 21.2. The van der Waals surface area contributed by atoms with Gasteiger partial charge in [0.1, 0.15) is 6.07 Å². The van der Waals surface area contributed by atoms with E-state index in [0.29, 0.717) is 23.0 Å². The molecule has 2 aliphatic heterocycles. The van der Waals surface area contributed by atoms with Gasteiger partial charge in [0, 0.05) is 50.4 Å². The van der Waals surface area contributed by atoms with Gasteiger partial charge in [0.2, 0.25) is 5.95 Å². The predicted octanol–water partition coefficient (Wildman–Crippen LogP) is 3.98. The summed E-state index contributed by atoms with van der Waals surface area (Å²) in [6.45, 7) is 5.46. The molecule has 0 amide bonds. The average Bonchev–Trinajstić information content (AvgIpc) is 3.26. The molecular weight excluding hydrogens is 414 g/mol. The number of anilines is 4. The van der Waals surface area contributed by atoms with Crippen molar-refractivity contribution in [2.24, 2.45) is 0 Å². The van der Waals surface area contributed by atoms with E-state index < -0.39 is 0 Å². The molecule has 3 aromatic rings. The molecule has 2 fully saturated rings. The largest absolute Gasteiger partial charge is 0.380 e. The summed E-state index contributed by atoms with van der Waals surface area (Å²) in [4.78, 5) is 18.1. The number of pyridine rings is 1. The fourth-order valence-corrected chi connectivity index (χ4v) is 4.34. The van der Waals surface area contributed by atoms with Crippen LogP contribution in [0, 0.1) is 11.3 Å². The van der Waals surface area contributed by atoms with Crippen LogP contribution in [0.5, 0.6) is 0 Å². The molecule has 2 aromatic heterocycles. The quantitative estimate of drug-likeness (QED) is 0.636. The Balaban J connectivity index is 1.32. The second-order valence-corrected chi connectivity index (χ2v) is 8.26. The molecule has 168 valence electrons. The van der Waals surface area contributed by atoms with E-state index >= 15 is 0 Å². The number of hydrogen-bond acceptors (Lipinski definition) is 8. The SMILES string of the molecule is N#Cc1nc(-c2ccnc(Nc3ccc(N4CCCOCC4)cc3)n2)ccc1N1CCCC1. The normalized spacial score (nSPS) is 16.3. The number of rotatable bonds is 5. The fourth-order valence-electron chi connectivity index (χ4n) is 4.34. The minimum atomic E-state index is 0.442. The first-order valence-corrected chi connectivity index (χ1v) is 11.5. The van der Waals surface area contributed by atoms with E-state index in [9.17, 15) is 5.26 Å². The topological polar surface area (TPSA) is 90.2 Å². The maximum absolute atomic E-state index is 9.64. The first-order chi connectivity index (χ1) is 16.3. The molecule has 33 heavy (non-hydrogen) atoms. The Morgan fingerprint density at radius 1 is 0.818 bits per heavy atom. The van der Waals surface area contributed by atoms with E-state index in [4.69, 9.17) is 4.74 Å². The van der Waals surface area contributed by atoms with Crippen LogP contribution in [0.1, 0.15) is 25.0 Å². The molecule has 8 nitrogen and oxygen atoms in total. The summed E-state index contributed by atoms with van der Waals surface area (Å²) in [6.07, 6.45) is 5.06. The fraction of sp³-hybridized carbons (Fsp3) is 0.360.